The van der Waals surface area contributed by atoms with E-state index in [1.807, 2.05) is 11.8 Å². The normalized spacial score (nSPS) is 19.8. The fourth-order valence-electron chi connectivity index (χ4n) is 2.07. The van der Waals surface area contributed by atoms with Crippen molar-refractivity contribution in [3.63, 3.8) is 0 Å². The smallest absolute Gasteiger partial charge is 0.222 e. The Balaban J connectivity index is 2.18. The number of carbonyl (C=O) groups excluding carboxylic acids is 1. The largest absolute Gasteiger partial charge is 0.381 e. The SMILES string of the molecule is COC1CCN(C(=O)CCCC(C)N)CC1. The summed E-state index contributed by atoms with van der Waals surface area (Å²) in [6, 6.07) is 0.201. The summed E-state index contributed by atoms with van der Waals surface area (Å²) in [6.07, 6.45) is 4.75. The van der Waals surface area contributed by atoms with Crippen LogP contribution in [-0.2, 0) is 9.53 Å². The summed E-state index contributed by atoms with van der Waals surface area (Å²) in [5.74, 6) is 0.273. The molecule has 1 heterocycles. The molecular formula is C12H24N2O2. The molecule has 4 heteroatoms. The number of nitrogens with two attached hydrogens (primary N) is 1. The van der Waals surface area contributed by atoms with Gasteiger partial charge in [0.1, 0.15) is 0 Å². The average Bonchev–Trinajstić information content (AvgIpc) is 2.28. The van der Waals surface area contributed by atoms with Crippen molar-refractivity contribution in [3.8, 4) is 0 Å². The second-order valence-electron chi connectivity index (χ2n) is 4.69. The Labute approximate surface area is 98.1 Å². The summed E-state index contributed by atoms with van der Waals surface area (Å²) in [6.45, 7) is 3.67. The third-order valence-corrected chi connectivity index (χ3v) is 3.18. The van der Waals surface area contributed by atoms with Crippen LogP contribution in [0.4, 0.5) is 0 Å². The molecule has 0 aromatic rings. The predicted octanol–water partition coefficient (Wildman–Crippen LogP) is 1.14. The van der Waals surface area contributed by atoms with Gasteiger partial charge in [0.15, 0.2) is 0 Å². The molecule has 0 saturated carbocycles. The third kappa shape index (κ3) is 4.49. The second-order valence-corrected chi connectivity index (χ2v) is 4.69. The molecule has 1 saturated heterocycles. The molecule has 0 aliphatic carbocycles. The Hall–Kier alpha value is -0.610. The number of hydrogen-bond donors (Lipinski definition) is 1. The van der Waals surface area contributed by atoms with Crippen molar-refractivity contribution in [1.29, 1.82) is 0 Å². The third-order valence-electron chi connectivity index (χ3n) is 3.18. The molecule has 4 nitrogen and oxygen atoms in total. The van der Waals surface area contributed by atoms with Crippen molar-refractivity contribution in [2.75, 3.05) is 20.2 Å². The van der Waals surface area contributed by atoms with E-state index in [2.05, 4.69) is 0 Å². The monoisotopic (exact) mass is 228 g/mol. The Kier molecular flexibility index (Phi) is 5.77. The first-order valence-electron chi connectivity index (χ1n) is 6.19. The summed E-state index contributed by atoms with van der Waals surface area (Å²) < 4.78 is 5.28. The van der Waals surface area contributed by atoms with Gasteiger partial charge >= 0.3 is 0 Å². The van der Waals surface area contributed by atoms with Gasteiger partial charge in [-0.2, -0.15) is 0 Å². The number of rotatable bonds is 5. The van der Waals surface area contributed by atoms with Gasteiger partial charge in [0.05, 0.1) is 6.10 Å². The van der Waals surface area contributed by atoms with Crippen molar-refractivity contribution in [2.45, 2.75) is 51.2 Å². The molecule has 0 aromatic heterocycles. The quantitative estimate of drug-likeness (QED) is 0.767. The van der Waals surface area contributed by atoms with Crippen molar-refractivity contribution in [1.82, 2.24) is 4.90 Å². The van der Waals surface area contributed by atoms with E-state index in [-0.39, 0.29) is 11.9 Å². The van der Waals surface area contributed by atoms with E-state index in [4.69, 9.17) is 10.5 Å². The minimum atomic E-state index is 0.201. The maximum atomic E-state index is 11.8. The van der Waals surface area contributed by atoms with Crippen LogP contribution in [0.2, 0.25) is 0 Å². The number of methoxy groups -OCH3 is 1. The summed E-state index contributed by atoms with van der Waals surface area (Å²) in [5.41, 5.74) is 5.65. The molecule has 0 aromatic carbocycles. The number of ether oxygens (including phenoxy) is 1. The molecular weight excluding hydrogens is 204 g/mol. The highest BCUT2D eigenvalue weighted by Gasteiger charge is 2.21. The van der Waals surface area contributed by atoms with Crippen LogP contribution < -0.4 is 5.73 Å². The highest BCUT2D eigenvalue weighted by atomic mass is 16.5. The first-order valence-corrected chi connectivity index (χ1v) is 6.19. The Morgan fingerprint density at radius 1 is 1.50 bits per heavy atom. The fourth-order valence-corrected chi connectivity index (χ4v) is 2.07. The number of carbonyl (C=O) groups is 1. The second kappa shape index (κ2) is 6.86. The molecule has 1 fully saturated rings. The van der Waals surface area contributed by atoms with Crippen LogP contribution in [0.15, 0.2) is 0 Å². The molecule has 1 aliphatic heterocycles. The van der Waals surface area contributed by atoms with E-state index in [0.717, 1.165) is 38.8 Å². The van der Waals surface area contributed by atoms with E-state index in [1.165, 1.54) is 0 Å². The lowest BCUT2D eigenvalue weighted by Gasteiger charge is -2.31. The van der Waals surface area contributed by atoms with E-state index in [0.29, 0.717) is 12.5 Å². The van der Waals surface area contributed by atoms with Crippen molar-refractivity contribution < 1.29 is 9.53 Å². The first kappa shape index (κ1) is 13.5. The topological polar surface area (TPSA) is 55.6 Å². The lowest BCUT2D eigenvalue weighted by molar-refractivity contribution is -0.133. The van der Waals surface area contributed by atoms with E-state index < -0.39 is 0 Å². The highest BCUT2D eigenvalue weighted by molar-refractivity contribution is 5.76. The van der Waals surface area contributed by atoms with Crippen LogP contribution >= 0.6 is 0 Å². The minimum absolute atomic E-state index is 0.201. The molecule has 1 amide bonds. The summed E-state index contributed by atoms with van der Waals surface area (Å²) in [5, 5.41) is 0. The number of likely N-dealkylation sites (tertiary alicyclic amines) is 1. The van der Waals surface area contributed by atoms with Gasteiger partial charge in [-0.1, -0.05) is 0 Å². The average molecular weight is 228 g/mol. The van der Waals surface area contributed by atoms with Crippen LogP contribution in [0.3, 0.4) is 0 Å². The van der Waals surface area contributed by atoms with E-state index >= 15 is 0 Å². The van der Waals surface area contributed by atoms with Crippen LogP contribution in [-0.4, -0.2) is 43.2 Å². The molecule has 1 atom stereocenters. The molecule has 0 bridgehead atoms. The van der Waals surface area contributed by atoms with E-state index in [9.17, 15) is 4.79 Å². The standard InChI is InChI=1S/C12H24N2O2/c1-10(13)4-3-5-12(15)14-8-6-11(16-2)7-9-14/h10-11H,3-9,13H2,1-2H3. The Morgan fingerprint density at radius 2 is 2.12 bits per heavy atom. The number of piperidine rings is 1. The zero-order chi connectivity index (χ0) is 12.0. The molecule has 1 unspecified atom stereocenters. The Morgan fingerprint density at radius 3 is 2.62 bits per heavy atom. The number of amides is 1. The van der Waals surface area contributed by atoms with Gasteiger partial charge in [0.25, 0.3) is 0 Å². The molecule has 16 heavy (non-hydrogen) atoms. The maximum absolute atomic E-state index is 11.8. The van der Waals surface area contributed by atoms with Crippen molar-refractivity contribution >= 4 is 5.91 Å². The molecule has 0 radical (unpaired) electrons. The van der Waals surface area contributed by atoms with Crippen molar-refractivity contribution in [2.24, 2.45) is 5.73 Å². The fraction of sp³-hybridized carbons (Fsp3) is 0.917. The highest BCUT2D eigenvalue weighted by Crippen LogP contribution is 2.14. The van der Waals surface area contributed by atoms with Crippen LogP contribution in [0.5, 0.6) is 0 Å². The molecule has 1 rings (SSSR count). The van der Waals surface area contributed by atoms with Gasteiger partial charge < -0.3 is 15.4 Å². The predicted molar refractivity (Wildman–Crippen MR) is 64.1 cm³/mol. The van der Waals surface area contributed by atoms with Crippen LogP contribution in [0, 0.1) is 0 Å². The zero-order valence-electron chi connectivity index (χ0n) is 10.4. The van der Waals surface area contributed by atoms with Gasteiger partial charge in [0.2, 0.25) is 5.91 Å². The minimum Gasteiger partial charge on any atom is -0.381 e. The lowest BCUT2D eigenvalue weighted by atomic mass is 10.1. The first-order chi connectivity index (χ1) is 7.63. The summed E-state index contributed by atoms with van der Waals surface area (Å²) >= 11 is 0. The van der Waals surface area contributed by atoms with Crippen LogP contribution in [0.1, 0.15) is 39.0 Å². The van der Waals surface area contributed by atoms with Gasteiger partial charge in [-0.15, -0.1) is 0 Å². The van der Waals surface area contributed by atoms with Gasteiger partial charge in [0, 0.05) is 32.7 Å². The molecule has 1 aliphatic rings. The number of hydrogen-bond acceptors (Lipinski definition) is 3. The summed E-state index contributed by atoms with van der Waals surface area (Å²) in [4.78, 5) is 13.8. The van der Waals surface area contributed by atoms with Gasteiger partial charge in [-0.05, 0) is 32.6 Å². The van der Waals surface area contributed by atoms with Crippen LogP contribution in [0.25, 0.3) is 0 Å². The molecule has 0 spiro atoms. The van der Waals surface area contributed by atoms with Gasteiger partial charge in [-0.25, -0.2) is 0 Å². The zero-order valence-corrected chi connectivity index (χ0v) is 10.4. The lowest BCUT2D eigenvalue weighted by Crippen LogP contribution is -2.40. The molecule has 94 valence electrons. The Bertz CT molecular complexity index is 211. The van der Waals surface area contributed by atoms with Gasteiger partial charge in [-0.3, -0.25) is 4.79 Å². The van der Waals surface area contributed by atoms with E-state index in [1.54, 1.807) is 7.11 Å². The van der Waals surface area contributed by atoms with Crippen molar-refractivity contribution in [3.05, 3.63) is 0 Å². The molecule has 2 N–H and O–H groups in total. The maximum Gasteiger partial charge on any atom is 0.222 e. The summed E-state index contributed by atoms with van der Waals surface area (Å²) in [7, 11) is 1.74. The number of nitrogens with zero attached hydrogens (tertiary/aromatic N) is 1.